The summed E-state index contributed by atoms with van der Waals surface area (Å²) in [5.74, 6) is 0.220. The van der Waals surface area contributed by atoms with Crippen LogP contribution in [0.1, 0.15) is 47.9 Å². The molecule has 0 saturated heterocycles. The summed E-state index contributed by atoms with van der Waals surface area (Å²) < 4.78 is 18.3. The Hall–Kier alpha value is -2.14. The third kappa shape index (κ3) is 4.93. The largest absolute Gasteiger partial charge is 0.467 e. The molecule has 0 aliphatic carbocycles. The van der Waals surface area contributed by atoms with Gasteiger partial charge in [-0.15, -0.1) is 0 Å². The highest BCUT2D eigenvalue weighted by atomic mass is 19.1. The summed E-state index contributed by atoms with van der Waals surface area (Å²) in [5, 5.41) is 0. The molecular weight excluding hydrogens is 295 g/mol. The quantitative estimate of drug-likeness (QED) is 0.755. The zero-order valence-corrected chi connectivity index (χ0v) is 13.4. The van der Waals surface area contributed by atoms with Crippen molar-refractivity contribution in [1.82, 2.24) is 4.90 Å². The Bertz CT molecular complexity index is 622. The van der Waals surface area contributed by atoms with Gasteiger partial charge in [-0.25, -0.2) is 4.39 Å². The van der Waals surface area contributed by atoms with Gasteiger partial charge in [-0.05, 0) is 30.2 Å². The molecule has 0 saturated carbocycles. The molecule has 23 heavy (non-hydrogen) atoms. The Kier molecular flexibility index (Phi) is 6.35. The van der Waals surface area contributed by atoms with Crippen LogP contribution in [0.25, 0.3) is 0 Å². The first-order valence-electron chi connectivity index (χ1n) is 7.95. The Morgan fingerprint density at radius 2 is 2.00 bits per heavy atom. The third-order valence-corrected chi connectivity index (χ3v) is 3.71. The predicted molar refractivity (Wildman–Crippen MR) is 87.3 cm³/mol. The number of nitrogens with zero attached hydrogens (tertiary/aromatic N) is 1. The maximum atomic E-state index is 13.0. The van der Waals surface area contributed by atoms with E-state index in [-0.39, 0.29) is 18.3 Å². The smallest absolute Gasteiger partial charge is 0.257 e. The van der Waals surface area contributed by atoms with Crippen molar-refractivity contribution in [1.29, 1.82) is 0 Å². The van der Waals surface area contributed by atoms with E-state index in [1.165, 1.54) is 18.4 Å². The molecule has 2 rings (SSSR count). The van der Waals surface area contributed by atoms with Crippen LogP contribution < -0.4 is 5.73 Å². The minimum atomic E-state index is -0.278. The minimum Gasteiger partial charge on any atom is -0.467 e. The van der Waals surface area contributed by atoms with Crippen LogP contribution in [0, 0.1) is 5.82 Å². The van der Waals surface area contributed by atoms with E-state index in [9.17, 15) is 9.18 Å². The summed E-state index contributed by atoms with van der Waals surface area (Å²) in [6, 6.07) is 7.91. The Morgan fingerprint density at radius 1 is 1.26 bits per heavy atom. The van der Waals surface area contributed by atoms with Gasteiger partial charge in [0.2, 0.25) is 0 Å². The molecule has 0 spiro atoms. The molecule has 0 aliphatic rings. The van der Waals surface area contributed by atoms with Crippen LogP contribution in [0.15, 0.2) is 41.0 Å². The Morgan fingerprint density at radius 3 is 2.61 bits per heavy atom. The van der Waals surface area contributed by atoms with Crippen LogP contribution in [0.4, 0.5) is 4.39 Å². The van der Waals surface area contributed by atoms with Crippen molar-refractivity contribution < 1.29 is 13.6 Å². The molecule has 5 heteroatoms. The fourth-order valence-corrected chi connectivity index (χ4v) is 2.40. The molecule has 124 valence electrons. The lowest BCUT2D eigenvalue weighted by molar-refractivity contribution is 0.0739. The molecule has 0 bridgehead atoms. The van der Waals surface area contributed by atoms with Crippen LogP contribution in [0.2, 0.25) is 0 Å². The number of nitrogens with two attached hydrogens (primary N) is 1. The van der Waals surface area contributed by atoms with Crippen molar-refractivity contribution in [3.05, 3.63) is 59.3 Å². The predicted octanol–water partition coefficient (Wildman–Crippen LogP) is 3.71. The second-order valence-corrected chi connectivity index (χ2v) is 5.57. The van der Waals surface area contributed by atoms with Crippen LogP contribution in [-0.4, -0.2) is 17.4 Å². The molecule has 4 nitrogen and oxygen atoms in total. The van der Waals surface area contributed by atoms with Gasteiger partial charge in [0.15, 0.2) is 0 Å². The summed E-state index contributed by atoms with van der Waals surface area (Å²) in [6.45, 7) is 3.50. The topological polar surface area (TPSA) is 59.5 Å². The molecule has 0 fully saturated rings. The molecule has 1 heterocycles. The summed E-state index contributed by atoms with van der Waals surface area (Å²) in [4.78, 5) is 14.5. The van der Waals surface area contributed by atoms with Crippen LogP contribution in [-0.2, 0) is 13.1 Å². The van der Waals surface area contributed by atoms with Gasteiger partial charge in [-0.3, -0.25) is 4.79 Å². The van der Waals surface area contributed by atoms with Crippen molar-refractivity contribution in [2.75, 3.05) is 6.54 Å². The lowest BCUT2D eigenvalue weighted by Gasteiger charge is -2.22. The number of hydrogen-bond donors (Lipinski definition) is 1. The van der Waals surface area contributed by atoms with Crippen LogP contribution in [0.5, 0.6) is 0 Å². The van der Waals surface area contributed by atoms with Crippen molar-refractivity contribution >= 4 is 5.91 Å². The van der Waals surface area contributed by atoms with Gasteiger partial charge in [0.1, 0.15) is 17.8 Å². The lowest BCUT2D eigenvalue weighted by atomic mass is 10.1. The number of unbranched alkanes of at least 4 members (excludes halogenated alkanes) is 2. The fraction of sp³-hybridized carbons (Fsp3) is 0.389. The van der Waals surface area contributed by atoms with E-state index in [0.29, 0.717) is 24.4 Å². The highest BCUT2D eigenvalue weighted by molar-refractivity contribution is 5.94. The summed E-state index contributed by atoms with van der Waals surface area (Å²) in [6.07, 6.45) is 4.53. The second-order valence-electron chi connectivity index (χ2n) is 5.57. The maximum absolute atomic E-state index is 13.0. The number of carbonyl (C=O) groups is 1. The average molecular weight is 318 g/mol. The van der Waals surface area contributed by atoms with Crippen molar-refractivity contribution in [2.45, 2.75) is 39.3 Å². The molecule has 1 aromatic carbocycles. The highest BCUT2D eigenvalue weighted by Crippen LogP contribution is 2.15. The Labute approximate surface area is 136 Å². The van der Waals surface area contributed by atoms with Crippen molar-refractivity contribution in [2.24, 2.45) is 5.73 Å². The molecule has 1 amide bonds. The highest BCUT2D eigenvalue weighted by Gasteiger charge is 2.18. The number of rotatable bonds is 8. The second kappa shape index (κ2) is 8.48. The van der Waals surface area contributed by atoms with Gasteiger partial charge in [0.25, 0.3) is 5.91 Å². The summed E-state index contributed by atoms with van der Waals surface area (Å²) >= 11 is 0. The number of amides is 1. The normalized spacial score (nSPS) is 10.7. The van der Waals surface area contributed by atoms with Gasteiger partial charge >= 0.3 is 0 Å². The molecule has 1 aromatic heterocycles. The maximum Gasteiger partial charge on any atom is 0.257 e. The van der Waals surface area contributed by atoms with E-state index in [1.807, 2.05) is 0 Å². The van der Waals surface area contributed by atoms with Gasteiger partial charge in [0, 0.05) is 13.1 Å². The average Bonchev–Trinajstić information content (AvgIpc) is 3.04. The molecular formula is C18H23FN2O2. The molecule has 2 aromatic rings. The van der Waals surface area contributed by atoms with Gasteiger partial charge in [-0.2, -0.15) is 0 Å². The SMILES string of the molecule is CCCCCN(Cc1ccc(F)cc1)C(=O)c1coc(CN)c1. The minimum absolute atomic E-state index is 0.0890. The van der Waals surface area contributed by atoms with Gasteiger partial charge in [-0.1, -0.05) is 31.9 Å². The Balaban J connectivity index is 2.11. The van der Waals surface area contributed by atoms with Gasteiger partial charge in [0.05, 0.1) is 12.1 Å². The van der Waals surface area contributed by atoms with Gasteiger partial charge < -0.3 is 15.1 Å². The number of carbonyl (C=O) groups excluding carboxylic acids is 1. The van der Waals surface area contributed by atoms with E-state index in [0.717, 1.165) is 24.8 Å². The van der Waals surface area contributed by atoms with E-state index < -0.39 is 0 Å². The number of furan rings is 1. The third-order valence-electron chi connectivity index (χ3n) is 3.71. The van der Waals surface area contributed by atoms with E-state index >= 15 is 0 Å². The first-order chi connectivity index (χ1) is 11.1. The fourth-order valence-electron chi connectivity index (χ4n) is 2.40. The number of benzene rings is 1. The molecule has 0 aliphatic heterocycles. The van der Waals surface area contributed by atoms with E-state index in [4.69, 9.17) is 10.2 Å². The molecule has 0 unspecified atom stereocenters. The van der Waals surface area contributed by atoms with Crippen LogP contribution >= 0.6 is 0 Å². The first-order valence-corrected chi connectivity index (χ1v) is 7.95. The summed E-state index contributed by atoms with van der Waals surface area (Å²) in [7, 11) is 0. The molecule has 2 N–H and O–H groups in total. The first kappa shape index (κ1) is 17.2. The van der Waals surface area contributed by atoms with E-state index in [2.05, 4.69) is 6.92 Å². The van der Waals surface area contributed by atoms with Crippen molar-refractivity contribution in [3.63, 3.8) is 0 Å². The zero-order valence-electron chi connectivity index (χ0n) is 13.4. The monoisotopic (exact) mass is 318 g/mol. The molecule has 0 radical (unpaired) electrons. The molecule has 0 atom stereocenters. The van der Waals surface area contributed by atoms with E-state index in [1.54, 1.807) is 23.1 Å². The van der Waals surface area contributed by atoms with Crippen molar-refractivity contribution in [3.8, 4) is 0 Å². The van der Waals surface area contributed by atoms with Crippen LogP contribution in [0.3, 0.4) is 0 Å². The number of halogens is 1. The lowest BCUT2D eigenvalue weighted by Crippen LogP contribution is -2.31. The summed E-state index contributed by atoms with van der Waals surface area (Å²) in [5.41, 5.74) is 6.93. The zero-order chi connectivity index (χ0) is 16.7. The number of hydrogen-bond acceptors (Lipinski definition) is 3. The standard InChI is InChI=1S/C18H23FN2O2/c1-2-3-4-9-21(12-14-5-7-16(19)8-6-14)18(22)15-10-17(11-20)23-13-15/h5-8,10,13H,2-4,9,11-12,20H2,1H3.